The van der Waals surface area contributed by atoms with Crippen LogP contribution in [0.4, 0.5) is 0 Å². The number of esters is 2. The fourth-order valence-corrected chi connectivity index (χ4v) is 1.25. The van der Waals surface area contributed by atoms with Crippen LogP contribution in [0.3, 0.4) is 0 Å². The van der Waals surface area contributed by atoms with E-state index >= 15 is 0 Å². The monoisotopic (exact) mass is 198 g/mol. The molecule has 0 amide bonds. The summed E-state index contributed by atoms with van der Waals surface area (Å²) < 4.78 is 9.76. The average molecular weight is 198 g/mol. The van der Waals surface area contributed by atoms with Crippen LogP contribution in [-0.4, -0.2) is 18.5 Å². The fourth-order valence-electron chi connectivity index (χ4n) is 1.25. The van der Waals surface area contributed by atoms with Crippen LogP contribution in [0.15, 0.2) is 11.3 Å². The zero-order valence-electron chi connectivity index (χ0n) is 8.46. The lowest BCUT2D eigenvalue weighted by Crippen LogP contribution is -2.16. The molecule has 1 rings (SSSR count). The van der Waals surface area contributed by atoms with E-state index in [1.165, 1.54) is 0 Å². The van der Waals surface area contributed by atoms with Crippen molar-refractivity contribution >= 4 is 11.9 Å². The van der Waals surface area contributed by atoms with Crippen LogP contribution in [-0.2, 0) is 19.1 Å². The minimum Gasteiger partial charge on any atom is -0.463 e. The van der Waals surface area contributed by atoms with E-state index in [-0.39, 0.29) is 5.97 Å². The molecule has 1 aliphatic rings. The van der Waals surface area contributed by atoms with Crippen LogP contribution < -0.4 is 0 Å². The Hall–Kier alpha value is -1.32. The maximum atomic E-state index is 11.3. The van der Waals surface area contributed by atoms with Gasteiger partial charge in [-0.1, -0.05) is 0 Å². The van der Waals surface area contributed by atoms with Crippen molar-refractivity contribution in [2.24, 2.45) is 0 Å². The topological polar surface area (TPSA) is 52.6 Å². The summed E-state index contributed by atoms with van der Waals surface area (Å²) in [7, 11) is 0. The SMILES string of the molecule is CCOC(=O)/C(C)=C1\CCCC(=O)O1. The predicted octanol–water partition coefficient (Wildman–Crippen LogP) is 1.55. The first-order valence-electron chi connectivity index (χ1n) is 4.72. The second kappa shape index (κ2) is 4.79. The number of allylic oxidation sites excluding steroid dienone is 1. The third-order valence-corrected chi connectivity index (χ3v) is 2.02. The molecule has 0 aromatic heterocycles. The summed E-state index contributed by atoms with van der Waals surface area (Å²) in [6, 6.07) is 0. The Morgan fingerprint density at radius 1 is 1.50 bits per heavy atom. The van der Waals surface area contributed by atoms with Gasteiger partial charge in [0.2, 0.25) is 0 Å². The van der Waals surface area contributed by atoms with E-state index in [1.807, 2.05) is 0 Å². The summed E-state index contributed by atoms with van der Waals surface area (Å²) in [6.07, 6.45) is 1.81. The molecular weight excluding hydrogens is 184 g/mol. The van der Waals surface area contributed by atoms with Crippen molar-refractivity contribution in [1.82, 2.24) is 0 Å². The molecule has 14 heavy (non-hydrogen) atoms. The van der Waals surface area contributed by atoms with E-state index in [0.717, 1.165) is 6.42 Å². The van der Waals surface area contributed by atoms with Crippen molar-refractivity contribution < 1.29 is 19.1 Å². The highest BCUT2D eigenvalue weighted by Gasteiger charge is 2.20. The molecular formula is C10H14O4. The highest BCUT2D eigenvalue weighted by atomic mass is 16.5. The lowest BCUT2D eigenvalue weighted by atomic mass is 10.1. The maximum absolute atomic E-state index is 11.3. The largest absolute Gasteiger partial charge is 0.463 e. The van der Waals surface area contributed by atoms with Gasteiger partial charge in [-0.2, -0.15) is 0 Å². The molecule has 1 heterocycles. The van der Waals surface area contributed by atoms with E-state index in [4.69, 9.17) is 9.47 Å². The third kappa shape index (κ3) is 2.58. The number of carbonyl (C=O) groups excluding carboxylic acids is 2. The highest BCUT2D eigenvalue weighted by Crippen LogP contribution is 2.21. The lowest BCUT2D eigenvalue weighted by molar-refractivity contribution is -0.142. The fraction of sp³-hybridized carbons (Fsp3) is 0.600. The zero-order chi connectivity index (χ0) is 10.6. The van der Waals surface area contributed by atoms with Gasteiger partial charge in [0.25, 0.3) is 0 Å². The van der Waals surface area contributed by atoms with Gasteiger partial charge in [0.15, 0.2) is 0 Å². The Bertz CT molecular complexity index is 278. The molecule has 0 aromatic rings. The van der Waals surface area contributed by atoms with Gasteiger partial charge in [0, 0.05) is 12.8 Å². The normalized spacial score (nSPS) is 20.0. The van der Waals surface area contributed by atoms with Crippen LogP contribution in [0.25, 0.3) is 0 Å². The summed E-state index contributed by atoms with van der Waals surface area (Å²) in [6.45, 7) is 3.69. The first-order chi connectivity index (χ1) is 6.65. The Balaban J connectivity index is 2.71. The summed E-state index contributed by atoms with van der Waals surface area (Å²) in [5.41, 5.74) is 0.403. The van der Waals surface area contributed by atoms with Gasteiger partial charge in [0.05, 0.1) is 12.2 Å². The van der Waals surface area contributed by atoms with Crippen LogP contribution >= 0.6 is 0 Å². The van der Waals surface area contributed by atoms with E-state index in [1.54, 1.807) is 13.8 Å². The number of rotatable bonds is 2. The van der Waals surface area contributed by atoms with Crippen LogP contribution in [0.5, 0.6) is 0 Å². The van der Waals surface area contributed by atoms with Gasteiger partial charge in [-0.25, -0.2) is 4.79 Å². The van der Waals surface area contributed by atoms with Crippen molar-refractivity contribution in [3.63, 3.8) is 0 Å². The molecule has 78 valence electrons. The molecule has 0 radical (unpaired) electrons. The van der Waals surface area contributed by atoms with E-state index < -0.39 is 5.97 Å². The minimum atomic E-state index is -0.405. The molecule has 4 heteroatoms. The summed E-state index contributed by atoms with van der Waals surface area (Å²) >= 11 is 0. The maximum Gasteiger partial charge on any atom is 0.337 e. The van der Waals surface area contributed by atoms with Gasteiger partial charge >= 0.3 is 11.9 Å². The predicted molar refractivity (Wildman–Crippen MR) is 49.3 cm³/mol. The van der Waals surface area contributed by atoms with Gasteiger partial charge < -0.3 is 9.47 Å². The average Bonchev–Trinajstić information content (AvgIpc) is 2.17. The Labute approximate surface area is 82.9 Å². The smallest absolute Gasteiger partial charge is 0.337 e. The lowest BCUT2D eigenvalue weighted by Gasteiger charge is -2.16. The zero-order valence-corrected chi connectivity index (χ0v) is 8.46. The van der Waals surface area contributed by atoms with Gasteiger partial charge in [-0.15, -0.1) is 0 Å². The molecule has 1 aliphatic heterocycles. The number of hydrogen-bond acceptors (Lipinski definition) is 4. The van der Waals surface area contributed by atoms with Crippen LogP contribution in [0.1, 0.15) is 33.1 Å². The molecule has 0 N–H and O–H groups in total. The van der Waals surface area contributed by atoms with Crippen molar-refractivity contribution in [2.45, 2.75) is 33.1 Å². The second-order valence-electron chi connectivity index (χ2n) is 3.10. The van der Waals surface area contributed by atoms with Gasteiger partial charge in [-0.3, -0.25) is 4.79 Å². The standard InChI is InChI=1S/C10H14O4/c1-3-13-10(12)7(2)8-5-4-6-9(11)14-8/h3-6H2,1-2H3/b8-7+. The Morgan fingerprint density at radius 3 is 2.79 bits per heavy atom. The van der Waals surface area contributed by atoms with Crippen LogP contribution in [0.2, 0.25) is 0 Å². The molecule has 0 unspecified atom stereocenters. The minimum absolute atomic E-state index is 0.269. The van der Waals surface area contributed by atoms with E-state index in [0.29, 0.717) is 30.8 Å². The van der Waals surface area contributed by atoms with E-state index in [2.05, 4.69) is 0 Å². The summed E-state index contributed by atoms with van der Waals surface area (Å²) in [5, 5.41) is 0. The van der Waals surface area contributed by atoms with Crippen LogP contribution in [0, 0.1) is 0 Å². The number of ether oxygens (including phenoxy) is 2. The number of cyclic esters (lactones) is 1. The molecule has 4 nitrogen and oxygen atoms in total. The first-order valence-corrected chi connectivity index (χ1v) is 4.72. The van der Waals surface area contributed by atoms with E-state index in [9.17, 15) is 9.59 Å². The van der Waals surface area contributed by atoms with Crippen molar-refractivity contribution in [3.8, 4) is 0 Å². The molecule has 0 aliphatic carbocycles. The first kappa shape index (κ1) is 10.8. The van der Waals surface area contributed by atoms with Crippen molar-refractivity contribution in [1.29, 1.82) is 0 Å². The van der Waals surface area contributed by atoms with Crippen molar-refractivity contribution in [2.75, 3.05) is 6.61 Å². The Morgan fingerprint density at radius 2 is 2.21 bits per heavy atom. The second-order valence-corrected chi connectivity index (χ2v) is 3.10. The number of hydrogen-bond donors (Lipinski definition) is 0. The molecule has 0 saturated carbocycles. The number of carbonyl (C=O) groups is 2. The quantitative estimate of drug-likeness (QED) is 0.499. The molecule has 0 atom stereocenters. The third-order valence-electron chi connectivity index (χ3n) is 2.02. The molecule has 0 aromatic carbocycles. The summed E-state index contributed by atoms with van der Waals surface area (Å²) in [4.78, 5) is 22.2. The molecule has 1 saturated heterocycles. The molecule has 0 bridgehead atoms. The van der Waals surface area contributed by atoms with Gasteiger partial charge in [0.1, 0.15) is 5.76 Å². The van der Waals surface area contributed by atoms with Gasteiger partial charge in [-0.05, 0) is 20.3 Å². The Kier molecular flexibility index (Phi) is 3.68. The van der Waals surface area contributed by atoms with Crippen molar-refractivity contribution in [3.05, 3.63) is 11.3 Å². The highest BCUT2D eigenvalue weighted by molar-refractivity contribution is 5.89. The molecule has 1 fully saturated rings. The summed E-state index contributed by atoms with van der Waals surface area (Å²) in [5.74, 6) is -0.216. The molecule has 0 spiro atoms.